The van der Waals surface area contributed by atoms with Crippen molar-refractivity contribution in [3.05, 3.63) is 70.6 Å². The molecule has 0 radical (unpaired) electrons. The fraction of sp³-hybridized carbons (Fsp3) is 0.250. The third-order valence-corrected chi connectivity index (χ3v) is 5.00. The number of carbonyl (C=O) groups excluding carboxylic acids is 1. The first-order valence-corrected chi connectivity index (χ1v) is 9.44. The highest BCUT2D eigenvalue weighted by atomic mass is 32.2. The van der Waals surface area contributed by atoms with Crippen molar-refractivity contribution in [1.82, 2.24) is 19.0 Å². The summed E-state index contributed by atoms with van der Waals surface area (Å²) in [6.45, 7) is 11.1. The molecule has 1 aromatic rings. The Morgan fingerprint density at radius 2 is 2.00 bits per heavy atom. The van der Waals surface area contributed by atoms with Crippen molar-refractivity contribution < 1.29 is 4.79 Å². The van der Waals surface area contributed by atoms with E-state index in [0.29, 0.717) is 16.2 Å². The van der Waals surface area contributed by atoms with E-state index in [1.165, 1.54) is 29.8 Å². The molecule has 0 spiro atoms. The molecule has 3 heterocycles. The van der Waals surface area contributed by atoms with E-state index in [4.69, 9.17) is 0 Å². The molecule has 0 aliphatic carbocycles. The number of hydrazine groups is 1. The molecule has 0 bridgehead atoms. The van der Waals surface area contributed by atoms with Gasteiger partial charge in [-0.25, -0.2) is 9.40 Å². The number of aromatic nitrogens is 2. The van der Waals surface area contributed by atoms with Gasteiger partial charge >= 0.3 is 0 Å². The van der Waals surface area contributed by atoms with Crippen molar-refractivity contribution in [1.29, 1.82) is 0 Å². The SMILES string of the molecule is C=C/C(C)=C\C=C\n1cnc2c(c1=O)SN1C2=CC(C(C)=O)=CN1C.CC. The molecule has 0 saturated heterocycles. The number of ketones is 1. The van der Waals surface area contributed by atoms with Gasteiger partial charge in [0.25, 0.3) is 5.56 Å². The van der Waals surface area contributed by atoms with Gasteiger partial charge in [0.1, 0.15) is 16.9 Å². The zero-order chi connectivity index (χ0) is 20.1. The van der Waals surface area contributed by atoms with Gasteiger partial charge in [0.2, 0.25) is 0 Å². The van der Waals surface area contributed by atoms with Crippen molar-refractivity contribution in [2.75, 3.05) is 7.05 Å². The highest BCUT2D eigenvalue weighted by molar-refractivity contribution is 7.97. The van der Waals surface area contributed by atoms with Crippen LogP contribution in [0.15, 0.2) is 64.2 Å². The number of hydrogen-bond acceptors (Lipinski definition) is 6. The molecule has 6 nitrogen and oxygen atoms in total. The van der Waals surface area contributed by atoms with E-state index in [1.54, 1.807) is 35.6 Å². The first-order valence-electron chi connectivity index (χ1n) is 8.66. The van der Waals surface area contributed by atoms with Gasteiger partial charge in [0.05, 0.1) is 5.70 Å². The molecule has 0 N–H and O–H groups in total. The van der Waals surface area contributed by atoms with Gasteiger partial charge in [-0.05, 0) is 26.0 Å². The number of allylic oxidation sites excluding steroid dienone is 6. The van der Waals surface area contributed by atoms with Gasteiger partial charge in [-0.3, -0.25) is 19.2 Å². The van der Waals surface area contributed by atoms with Crippen LogP contribution < -0.4 is 5.56 Å². The Bertz CT molecular complexity index is 938. The van der Waals surface area contributed by atoms with Crippen molar-refractivity contribution in [3.63, 3.8) is 0 Å². The summed E-state index contributed by atoms with van der Waals surface area (Å²) in [4.78, 5) is 29.4. The van der Waals surface area contributed by atoms with Crippen LogP contribution in [0.4, 0.5) is 0 Å². The number of fused-ring (bicyclic) bond motifs is 3. The zero-order valence-corrected chi connectivity index (χ0v) is 17.1. The molecule has 2 aliphatic rings. The van der Waals surface area contributed by atoms with Crippen LogP contribution >= 0.6 is 11.9 Å². The lowest BCUT2D eigenvalue weighted by Crippen LogP contribution is -2.29. The van der Waals surface area contributed by atoms with E-state index < -0.39 is 0 Å². The fourth-order valence-corrected chi connectivity index (χ4v) is 3.40. The van der Waals surface area contributed by atoms with Crippen molar-refractivity contribution >= 4 is 29.6 Å². The predicted molar refractivity (Wildman–Crippen MR) is 111 cm³/mol. The minimum atomic E-state index is -0.149. The molecule has 7 heteroatoms. The number of Topliss-reactive ketones (excluding diaryl/α,β-unsaturated/α-hetero) is 1. The Morgan fingerprint density at radius 1 is 1.30 bits per heavy atom. The second-order valence-electron chi connectivity index (χ2n) is 5.70. The first kappa shape index (κ1) is 20.5. The van der Waals surface area contributed by atoms with Crippen LogP contribution in [0, 0.1) is 0 Å². The third kappa shape index (κ3) is 4.14. The maximum atomic E-state index is 12.7. The second-order valence-corrected chi connectivity index (χ2v) is 6.64. The van der Waals surface area contributed by atoms with Crippen molar-refractivity contribution in [3.8, 4) is 0 Å². The lowest BCUT2D eigenvalue weighted by Gasteiger charge is -2.31. The Balaban J connectivity index is 0.00000126. The second kappa shape index (κ2) is 8.73. The van der Waals surface area contributed by atoms with Gasteiger partial charge in [0, 0.05) is 37.0 Å². The van der Waals surface area contributed by atoms with Gasteiger partial charge in [-0.15, -0.1) is 0 Å². The van der Waals surface area contributed by atoms with E-state index in [0.717, 1.165) is 11.3 Å². The maximum absolute atomic E-state index is 12.7. The van der Waals surface area contributed by atoms with Crippen LogP contribution in [-0.4, -0.2) is 31.8 Å². The van der Waals surface area contributed by atoms with E-state index >= 15 is 0 Å². The highest BCUT2D eigenvalue weighted by Gasteiger charge is 2.34. The molecular weight excluding hydrogens is 360 g/mol. The fourth-order valence-electron chi connectivity index (χ4n) is 2.39. The summed E-state index contributed by atoms with van der Waals surface area (Å²) in [5, 5.41) is 1.79. The number of nitrogens with zero attached hydrogens (tertiary/aromatic N) is 4. The summed E-state index contributed by atoms with van der Waals surface area (Å²) in [5.74, 6) is -0.0295. The topological polar surface area (TPSA) is 58.4 Å². The molecule has 27 heavy (non-hydrogen) atoms. The van der Waals surface area contributed by atoms with Crippen LogP contribution in [0.25, 0.3) is 11.9 Å². The number of rotatable bonds is 4. The zero-order valence-electron chi connectivity index (χ0n) is 16.3. The smallest absolute Gasteiger partial charge is 0.273 e. The van der Waals surface area contributed by atoms with E-state index in [1.807, 2.05) is 38.3 Å². The molecule has 1 aromatic heterocycles. The lowest BCUT2D eigenvalue weighted by atomic mass is 10.1. The molecule has 0 fully saturated rings. The average molecular weight is 385 g/mol. The molecule has 0 amide bonds. The molecule has 3 rings (SSSR count). The first-order chi connectivity index (χ1) is 12.9. The van der Waals surface area contributed by atoms with Crippen LogP contribution in [-0.2, 0) is 4.79 Å². The van der Waals surface area contributed by atoms with Gasteiger partial charge in [0.15, 0.2) is 5.78 Å². The van der Waals surface area contributed by atoms with Gasteiger partial charge in [-0.2, -0.15) is 0 Å². The molecule has 0 aromatic carbocycles. The van der Waals surface area contributed by atoms with E-state index in [9.17, 15) is 9.59 Å². The Labute approximate surface area is 164 Å². The predicted octanol–water partition coefficient (Wildman–Crippen LogP) is 3.87. The summed E-state index contributed by atoms with van der Waals surface area (Å²) < 4.78 is 3.29. The largest absolute Gasteiger partial charge is 0.294 e. The Morgan fingerprint density at radius 3 is 2.63 bits per heavy atom. The summed E-state index contributed by atoms with van der Waals surface area (Å²) in [5.41, 5.74) is 2.77. The maximum Gasteiger partial charge on any atom is 0.273 e. The van der Waals surface area contributed by atoms with Crippen LogP contribution in [0.5, 0.6) is 0 Å². The Hall–Kier alpha value is -2.80. The van der Waals surface area contributed by atoms with Crippen LogP contribution in [0.1, 0.15) is 33.4 Å². The van der Waals surface area contributed by atoms with Crippen molar-refractivity contribution in [2.24, 2.45) is 0 Å². The molecule has 2 aliphatic heterocycles. The summed E-state index contributed by atoms with van der Waals surface area (Å²) >= 11 is 1.30. The van der Waals surface area contributed by atoms with Crippen molar-refractivity contribution in [2.45, 2.75) is 32.6 Å². The Kier molecular flexibility index (Phi) is 6.63. The minimum absolute atomic E-state index is 0.0295. The third-order valence-electron chi connectivity index (χ3n) is 3.82. The number of hydrogen-bond donors (Lipinski definition) is 0. The van der Waals surface area contributed by atoms with E-state index in [-0.39, 0.29) is 11.3 Å². The minimum Gasteiger partial charge on any atom is -0.294 e. The summed E-state index contributed by atoms with van der Waals surface area (Å²) in [6.07, 6.45) is 12.0. The normalized spacial score (nSPS) is 15.5. The van der Waals surface area contributed by atoms with Crippen LogP contribution in [0.2, 0.25) is 0 Å². The monoisotopic (exact) mass is 384 g/mol. The van der Waals surface area contributed by atoms with Gasteiger partial charge in [-0.1, -0.05) is 38.2 Å². The molecule has 0 unspecified atom stereocenters. The summed E-state index contributed by atoms with van der Waals surface area (Å²) in [6, 6.07) is 0. The van der Waals surface area contributed by atoms with E-state index in [2.05, 4.69) is 11.6 Å². The average Bonchev–Trinajstić information content (AvgIpc) is 3.05. The summed E-state index contributed by atoms with van der Waals surface area (Å²) in [7, 11) is 1.83. The molecule has 0 atom stereocenters. The van der Waals surface area contributed by atoms with Crippen LogP contribution in [0.3, 0.4) is 0 Å². The van der Waals surface area contributed by atoms with Gasteiger partial charge < -0.3 is 0 Å². The lowest BCUT2D eigenvalue weighted by molar-refractivity contribution is -0.113. The standard InChI is InChI=1S/C18H18N4O2S.C2H6/c1-5-12(2)7-6-8-21-11-19-16-15-9-14(13(3)23)10-20(4)22(15)25-17(16)18(21)24;1-2/h5-11H,1H2,2-4H3;1-2H3/b8-6+,12-7-;. The molecule has 0 saturated carbocycles. The molecule has 142 valence electrons. The molecular formula is C20H24N4O2S. The highest BCUT2D eigenvalue weighted by Crippen LogP contribution is 2.43. The number of carbonyl (C=O) groups is 1. The quantitative estimate of drug-likeness (QED) is 0.580.